The van der Waals surface area contributed by atoms with E-state index in [4.69, 9.17) is 4.74 Å². The number of hydrogen-bond donors (Lipinski definition) is 1. The molecule has 1 aliphatic heterocycles. The summed E-state index contributed by atoms with van der Waals surface area (Å²) < 4.78 is 5.04. The van der Waals surface area contributed by atoms with E-state index in [1.807, 2.05) is 11.8 Å². The highest BCUT2D eigenvalue weighted by molar-refractivity contribution is 8.13. The molecular formula is C9H18N2OS. The highest BCUT2D eigenvalue weighted by Gasteiger charge is 2.13. The Hall–Kier alpha value is -0.220. The highest BCUT2D eigenvalue weighted by Crippen LogP contribution is 2.15. The second kappa shape index (κ2) is 5.50. The van der Waals surface area contributed by atoms with Crippen LogP contribution in [0.2, 0.25) is 0 Å². The maximum Gasteiger partial charge on any atom is 0.156 e. The number of thioether (sulfide) groups is 1. The molecule has 1 aliphatic rings. The zero-order chi connectivity index (χ0) is 9.68. The molecule has 0 saturated carbocycles. The van der Waals surface area contributed by atoms with Crippen molar-refractivity contribution in [2.75, 3.05) is 26.0 Å². The minimum absolute atomic E-state index is 0.352. The second-order valence-electron chi connectivity index (χ2n) is 3.56. The van der Waals surface area contributed by atoms with Crippen molar-refractivity contribution in [3.63, 3.8) is 0 Å². The molecule has 0 fully saturated rings. The monoisotopic (exact) mass is 202 g/mol. The molecule has 0 radical (unpaired) electrons. The summed E-state index contributed by atoms with van der Waals surface area (Å²) in [6.45, 7) is 6.01. The van der Waals surface area contributed by atoms with Crippen LogP contribution < -0.4 is 5.32 Å². The Balaban J connectivity index is 2.28. The van der Waals surface area contributed by atoms with Gasteiger partial charge in [-0.15, -0.1) is 0 Å². The number of aliphatic imine (C=N–C) groups is 1. The van der Waals surface area contributed by atoms with Gasteiger partial charge in [-0.25, -0.2) is 0 Å². The minimum atomic E-state index is 0.352. The van der Waals surface area contributed by atoms with Gasteiger partial charge < -0.3 is 10.1 Å². The van der Waals surface area contributed by atoms with Crippen LogP contribution in [0.1, 0.15) is 13.8 Å². The van der Waals surface area contributed by atoms with Crippen LogP contribution in [0.4, 0.5) is 0 Å². The second-order valence-corrected chi connectivity index (χ2v) is 4.57. The van der Waals surface area contributed by atoms with E-state index in [9.17, 15) is 0 Å². The summed E-state index contributed by atoms with van der Waals surface area (Å²) >= 11 is 1.81. The zero-order valence-corrected chi connectivity index (χ0v) is 9.36. The minimum Gasteiger partial charge on any atom is -0.383 e. The van der Waals surface area contributed by atoms with Crippen LogP contribution in [-0.2, 0) is 4.74 Å². The molecule has 76 valence electrons. The number of hydrogen-bond acceptors (Lipinski definition) is 4. The third-order valence-electron chi connectivity index (χ3n) is 1.84. The number of methoxy groups -OCH3 is 1. The van der Waals surface area contributed by atoms with Gasteiger partial charge >= 0.3 is 0 Å². The van der Waals surface area contributed by atoms with Crippen molar-refractivity contribution in [2.24, 2.45) is 10.9 Å². The van der Waals surface area contributed by atoms with Crippen LogP contribution in [-0.4, -0.2) is 37.2 Å². The molecule has 0 aromatic heterocycles. The van der Waals surface area contributed by atoms with Crippen molar-refractivity contribution in [3.8, 4) is 0 Å². The summed E-state index contributed by atoms with van der Waals surface area (Å²) in [7, 11) is 1.72. The van der Waals surface area contributed by atoms with Crippen molar-refractivity contribution in [3.05, 3.63) is 0 Å². The molecule has 13 heavy (non-hydrogen) atoms. The van der Waals surface area contributed by atoms with Gasteiger partial charge in [-0.1, -0.05) is 18.7 Å². The Bertz CT molecular complexity index is 184. The molecule has 0 saturated heterocycles. The smallest absolute Gasteiger partial charge is 0.156 e. The van der Waals surface area contributed by atoms with Crippen molar-refractivity contribution in [1.82, 2.24) is 5.32 Å². The Morgan fingerprint density at radius 2 is 2.54 bits per heavy atom. The molecule has 1 heterocycles. The van der Waals surface area contributed by atoms with Gasteiger partial charge in [0.05, 0.1) is 6.61 Å². The first-order chi connectivity index (χ1) is 6.22. The molecule has 0 amide bonds. The summed E-state index contributed by atoms with van der Waals surface area (Å²) in [5, 5.41) is 4.40. The van der Waals surface area contributed by atoms with Gasteiger partial charge in [0, 0.05) is 25.4 Å². The largest absolute Gasteiger partial charge is 0.383 e. The normalized spacial score (nSPS) is 25.2. The van der Waals surface area contributed by atoms with Gasteiger partial charge in [0.1, 0.15) is 0 Å². The Morgan fingerprint density at radius 1 is 1.77 bits per heavy atom. The maximum absolute atomic E-state index is 5.04. The third kappa shape index (κ3) is 4.00. The lowest BCUT2D eigenvalue weighted by atomic mass is 10.2. The fourth-order valence-electron chi connectivity index (χ4n) is 1.15. The lowest BCUT2D eigenvalue weighted by Crippen LogP contribution is -2.36. The van der Waals surface area contributed by atoms with Crippen LogP contribution in [0.25, 0.3) is 0 Å². The molecule has 0 spiro atoms. The Labute approximate surface area is 84.3 Å². The summed E-state index contributed by atoms with van der Waals surface area (Å²) in [6.07, 6.45) is 0. The third-order valence-corrected chi connectivity index (χ3v) is 3.09. The van der Waals surface area contributed by atoms with E-state index in [0.29, 0.717) is 12.0 Å². The van der Waals surface area contributed by atoms with Crippen LogP contribution in [0.3, 0.4) is 0 Å². The van der Waals surface area contributed by atoms with E-state index in [1.54, 1.807) is 7.11 Å². The first-order valence-electron chi connectivity index (χ1n) is 4.65. The average Bonchev–Trinajstić information content (AvgIpc) is 2.09. The number of ether oxygens (including phenoxy) is 1. The number of nitrogens with one attached hydrogen (secondary N) is 1. The zero-order valence-electron chi connectivity index (χ0n) is 8.54. The fourth-order valence-corrected chi connectivity index (χ4v) is 2.15. The van der Waals surface area contributed by atoms with E-state index in [2.05, 4.69) is 24.2 Å². The summed E-state index contributed by atoms with van der Waals surface area (Å²) in [5.74, 6) is 1.89. The molecule has 1 rings (SSSR count). The molecule has 0 bridgehead atoms. The number of rotatable bonds is 3. The van der Waals surface area contributed by atoms with Gasteiger partial charge in [0.25, 0.3) is 0 Å². The predicted octanol–water partition coefficient (Wildman–Crippen LogP) is 1.35. The maximum atomic E-state index is 5.04. The quantitative estimate of drug-likeness (QED) is 0.750. The van der Waals surface area contributed by atoms with E-state index >= 15 is 0 Å². The molecule has 0 aromatic carbocycles. The molecule has 0 aliphatic carbocycles. The van der Waals surface area contributed by atoms with Gasteiger partial charge in [0.2, 0.25) is 0 Å². The van der Waals surface area contributed by atoms with Gasteiger partial charge in [0.15, 0.2) is 5.17 Å². The molecular weight excluding hydrogens is 184 g/mol. The molecule has 2 unspecified atom stereocenters. The van der Waals surface area contributed by atoms with E-state index in [-0.39, 0.29) is 0 Å². The van der Waals surface area contributed by atoms with E-state index in [1.165, 1.54) is 5.75 Å². The van der Waals surface area contributed by atoms with Crippen molar-refractivity contribution >= 4 is 16.9 Å². The van der Waals surface area contributed by atoms with Gasteiger partial charge in [-0.2, -0.15) is 0 Å². The molecule has 2 atom stereocenters. The summed E-state index contributed by atoms with van der Waals surface area (Å²) in [4.78, 5) is 4.45. The van der Waals surface area contributed by atoms with Crippen LogP contribution in [0.15, 0.2) is 4.99 Å². The molecule has 3 nitrogen and oxygen atoms in total. The van der Waals surface area contributed by atoms with E-state index < -0.39 is 0 Å². The molecule has 4 heteroatoms. The lowest BCUT2D eigenvalue weighted by Gasteiger charge is -2.21. The first kappa shape index (κ1) is 10.9. The van der Waals surface area contributed by atoms with Crippen LogP contribution in [0, 0.1) is 5.92 Å². The number of nitrogens with zero attached hydrogens (tertiary/aromatic N) is 1. The van der Waals surface area contributed by atoms with E-state index in [0.717, 1.165) is 18.3 Å². The van der Waals surface area contributed by atoms with Crippen LogP contribution in [0.5, 0.6) is 0 Å². The SMILES string of the molecule is COCC(C)NC1=NCC(C)CS1. The standard InChI is InChI=1S/C9H18N2OS/c1-7-4-10-9(13-6-7)11-8(2)5-12-3/h7-8H,4-6H2,1-3H3,(H,10,11). The fraction of sp³-hybridized carbons (Fsp3) is 0.889. The van der Waals surface area contributed by atoms with Crippen LogP contribution >= 0.6 is 11.8 Å². The van der Waals surface area contributed by atoms with Gasteiger partial charge in [-0.05, 0) is 12.8 Å². The predicted molar refractivity (Wildman–Crippen MR) is 58.4 cm³/mol. The lowest BCUT2D eigenvalue weighted by molar-refractivity contribution is 0.179. The number of amidine groups is 1. The van der Waals surface area contributed by atoms with Crippen molar-refractivity contribution < 1.29 is 4.74 Å². The van der Waals surface area contributed by atoms with Crippen molar-refractivity contribution in [2.45, 2.75) is 19.9 Å². The Kier molecular flexibility index (Phi) is 4.59. The molecule has 0 aromatic rings. The molecule has 1 N–H and O–H groups in total. The average molecular weight is 202 g/mol. The Morgan fingerprint density at radius 3 is 3.08 bits per heavy atom. The topological polar surface area (TPSA) is 33.6 Å². The highest BCUT2D eigenvalue weighted by atomic mass is 32.2. The van der Waals surface area contributed by atoms with Crippen molar-refractivity contribution in [1.29, 1.82) is 0 Å². The summed E-state index contributed by atoms with van der Waals surface area (Å²) in [6, 6.07) is 0.352. The first-order valence-corrected chi connectivity index (χ1v) is 5.63. The summed E-state index contributed by atoms with van der Waals surface area (Å²) in [5.41, 5.74) is 0. The van der Waals surface area contributed by atoms with Gasteiger partial charge in [-0.3, -0.25) is 4.99 Å².